The molecule has 1 aliphatic heterocycles. The molecule has 0 spiro atoms. The minimum atomic E-state index is -0.231. The second-order valence-electron chi connectivity index (χ2n) is 9.51. The number of hydrogen-bond acceptors (Lipinski definition) is 5. The Morgan fingerprint density at radius 3 is 2.69 bits per heavy atom. The molecule has 1 amide bonds. The van der Waals surface area contributed by atoms with Gasteiger partial charge in [-0.25, -0.2) is 0 Å². The molecule has 1 aromatic heterocycles. The van der Waals surface area contributed by atoms with Gasteiger partial charge in [-0.05, 0) is 72.9 Å². The van der Waals surface area contributed by atoms with Gasteiger partial charge in [0.15, 0.2) is 0 Å². The number of amides is 1. The summed E-state index contributed by atoms with van der Waals surface area (Å²) in [6.07, 6.45) is 3.70. The van der Waals surface area contributed by atoms with Crippen LogP contribution in [0.5, 0.6) is 5.75 Å². The summed E-state index contributed by atoms with van der Waals surface area (Å²) in [5, 5.41) is 5.35. The lowest BCUT2D eigenvalue weighted by atomic mass is 9.75. The van der Waals surface area contributed by atoms with Crippen molar-refractivity contribution in [2.45, 2.75) is 42.0 Å². The maximum atomic E-state index is 13.2. The van der Waals surface area contributed by atoms with Gasteiger partial charge in [0.25, 0.3) is 0 Å². The molecule has 6 rings (SSSR count). The van der Waals surface area contributed by atoms with Crippen LogP contribution in [0.15, 0.2) is 52.3 Å². The third-order valence-corrected chi connectivity index (χ3v) is 11.3. The van der Waals surface area contributed by atoms with E-state index in [9.17, 15) is 9.59 Å². The second kappa shape index (κ2) is 9.18. The van der Waals surface area contributed by atoms with Crippen LogP contribution in [0.1, 0.15) is 35.6 Å². The Hall–Kier alpha value is -1.93. The van der Waals surface area contributed by atoms with Gasteiger partial charge in [-0.1, -0.05) is 46.7 Å². The van der Waals surface area contributed by atoms with Gasteiger partial charge >= 0.3 is 4.87 Å². The first-order valence-corrected chi connectivity index (χ1v) is 14.2. The number of halogens is 2. The Morgan fingerprint density at radius 2 is 1.91 bits per heavy atom. The van der Waals surface area contributed by atoms with Gasteiger partial charge in [0, 0.05) is 21.7 Å². The smallest absolute Gasteiger partial charge is 0.308 e. The van der Waals surface area contributed by atoms with Gasteiger partial charge in [0.1, 0.15) is 12.3 Å². The number of thiazole rings is 1. The highest BCUT2D eigenvalue weighted by molar-refractivity contribution is 8.00. The van der Waals surface area contributed by atoms with Gasteiger partial charge in [-0.2, -0.15) is 0 Å². The van der Waals surface area contributed by atoms with Crippen molar-refractivity contribution >= 4 is 57.9 Å². The first-order chi connectivity index (χ1) is 16.9. The van der Waals surface area contributed by atoms with Crippen molar-refractivity contribution in [2.24, 2.45) is 17.8 Å². The van der Waals surface area contributed by atoms with Crippen LogP contribution >= 0.6 is 46.3 Å². The Morgan fingerprint density at radius 1 is 1.14 bits per heavy atom. The molecule has 5 nitrogen and oxygen atoms in total. The lowest BCUT2D eigenvalue weighted by Crippen LogP contribution is -2.35. The molecule has 35 heavy (non-hydrogen) atoms. The number of thioether (sulfide) groups is 1. The predicted octanol–water partition coefficient (Wildman–Crippen LogP) is 6.52. The SMILES string of the molecule is COc1ccc(NC(=O)Cn2c3c(sc2=O)C(c2cccc(Cl)c2Cl)C2C4CCC(C4)C2S3)cc1. The standard InChI is InChI=1S/C26H24Cl2N2O3S2/c1-33-16-9-7-15(8-10-16)29-19(31)12-30-25-24(35-26(30)32)21(17-3-2-4-18(27)22(17)28)20-13-5-6-14(11-13)23(20)34-25/h2-4,7-10,13-14,20-21,23H,5-6,11-12H2,1H3,(H,29,31). The lowest BCUT2D eigenvalue weighted by Gasteiger charge is -2.40. The highest BCUT2D eigenvalue weighted by atomic mass is 35.5. The predicted molar refractivity (Wildman–Crippen MR) is 142 cm³/mol. The van der Waals surface area contributed by atoms with Crippen LogP contribution < -0.4 is 14.9 Å². The van der Waals surface area contributed by atoms with E-state index in [1.165, 1.54) is 30.6 Å². The van der Waals surface area contributed by atoms with Gasteiger partial charge < -0.3 is 10.1 Å². The summed E-state index contributed by atoms with van der Waals surface area (Å²) in [5.41, 5.74) is 1.66. The average Bonchev–Trinajstić information content (AvgIpc) is 3.55. The number of rotatable bonds is 5. The number of ether oxygens (including phenoxy) is 1. The summed E-state index contributed by atoms with van der Waals surface area (Å²) in [4.78, 5) is 27.1. The number of methoxy groups -OCH3 is 1. The Balaban J connectivity index is 1.36. The fourth-order valence-electron chi connectivity index (χ4n) is 6.21. The zero-order valence-electron chi connectivity index (χ0n) is 19.0. The molecule has 5 atom stereocenters. The number of hydrogen-bond donors (Lipinski definition) is 1. The first-order valence-electron chi connectivity index (χ1n) is 11.7. The van der Waals surface area contributed by atoms with Crippen LogP contribution in [-0.2, 0) is 11.3 Å². The molecule has 3 aromatic rings. The van der Waals surface area contributed by atoms with Gasteiger partial charge in [-0.15, -0.1) is 11.8 Å². The third-order valence-electron chi connectivity index (χ3n) is 7.68. The molecule has 5 unspecified atom stereocenters. The second-order valence-corrected chi connectivity index (χ2v) is 12.5. The van der Waals surface area contributed by atoms with E-state index in [0.717, 1.165) is 15.5 Å². The molecule has 0 radical (unpaired) electrons. The third kappa shape index (κ3) is 4.01. The van der Waals surface area contributed by atoms with E-state index in [-0.39, 0.29) is 23.2 Å². The van der Waals surface area contributed by atoms with Crippen molar-refractivity contribution in [3.63, 3.8) is 0 Å². The van der Waals surface area contributed by atoms with Crippen molar-refractivity contribution < 1.29 is 9.53 Å². The minimum absolute atomic E-state index is 0.0226. The monoisotopic (exact) mass is 546 g/mol. The lowest BCUT2D eigenvalue weighted by molar-refractivity contribution is -0.116. The molecule has 182 valence electrons. The molecule has 2 aliphatic carbocycles. The number of fused-ring (bicyclic) bond motifs is 6. The zero-order chi connectivity index (χ0) is 24.3. The number of benzene rings is 2. The number of carbonyl (C=O) groups excluding carboxylic acids is 1. The molecular weight excluding hydrogens is 523 g/mol. The first kappa shape index (κ1) is 23.5. The maximum absolute atomic E-state index is 13.2. The summed E-state index contributed by atoms with van der Waals surface area (Å²) in [5.74, 6) is 2.22. The molecule has 2 saturated carbocycles. The summed E-state index contributed by atoms with van der Waals surface area (Å²) in [6, 6.07) is 12.9. The summed E-state index contributed by atoms with van der Waals surface area (Å²) < 4.78 is 6.83. The minimum Gasteiger partial charge on any atom is -0.497 e. The van der Waals surface area contributed by atoms with Crippen LogP contribution in [-0.4, -0.2) is 22.8 Å². The number of nitrogens with zero attached hydrogens (tertiary/aromatic N) is 1. The van der Waals surface area contributed by atoms with Crippen molar-refractivity contribution in [3.8, 4) is 5.75 Å². The van der Waals surface area contributed by atoms with E-state index >= 15 is 0 Å². The molecule has 2 bridgehead atoms. The Kier molecular flexibility index (Phi) is 6.16. The molecule has 0 saturated heterocycles. The highest BCUT2D eigenvalue weighted by Gasteiger charge is 2.55. The number of carbonyl (C=O) groups is 1. The van der Waals surface area contributed by atoms with E-state index < -0.39 is 0 Å². The molecule has 1 N–H and O–H groups in total. The van der Waals surface area contributed by atoms with E-state index in [0.29, 0.717) is 44.5 Å². The molecule has 9 heteroatoms. The molecule has 2 fully saturated rings. The summed E-state index contributed by atoms with van der Waals surface area (Å²) in [6.45, 7) is -0.0226. The number of anilines is 1. The van der Waals surface area contributed by atoms with E-state index in [1.807, 2.05) is 12.1 Å². The average molecular weight is 548 g/mol. The number of aromatic nitrogens is 1. The molecule has 2 heterocycles. The molecule has 2 aromatic carbocycles. The Labute approximate surface area is 221 Å². The zero-order valence-corrected chi connectivity index (χ0v) is 22.1. The van der Waals surface area contributed by atoms with Crippen molar-refractivity contribution in [2.75, 3.05) is 12.4 Å². The van der Waals surface area contributed by atoms with Crippen LogP contribution in [0.25, 0.3) is 0 Å². The molecular formula is C26H24Cl2N2O3S2. The fourth-order valence-corrected chi connectivity index (χ4v) is 9.78. The number of nitrogens with one attached hydrogen (secondary N) is 1. The van der Waals surface area contributed by atoms with Crippen molar-refractivity contribution in [3.05, 3.63) is 72.6 Å². The van der Waals surface area contributed by atoms with Gasteiger partial charge in [0.2, 0.25) is 5.91 Å². The topological polar surface area (TPSA) is 60.3 Å². The van der Waals surface area contributed by atoms with E-state index in [1.54, 1.807) is 53.8 Å². The van der Waals surface area contributed by atoms with E-state index in [2.05, 4.69) is 5.32 Å². The largest absolute Gasteiger partial charge is 0.497 e. The fraction of sp³-hybridized carbons (Fsp3) is 0.385. The van der Waals surface area contributed by atoms with Crippen molar-refractivity contribution in [1.29, 1.82) is 0 Å². The Bertz CT molecular complexity index is 1350. The van der Waals surface area contributed by atoms with Gasteiger partial charge in [-0.3, -0.25) is 14.2 Å². The maximum Gasteiger partial charge on any atom is 0.308 e. The summed E-state index contributed by atoms with van der Waals surface area (Å²) in [7, 11) is 1.60. The van der Waals surface area contributed by atoms with Gasteiger partial charge in [0.05, 0.1) is 22.2 Å². The van der Waals surface area contributed by atoms with Crippen molar-refractivity contribution in [1.82, 2.24) is 4.57 Å². The van der Waals surface area contributed by atoms with Crippen LogP contribution in [0, 0.1) is 17.8 Å². The highest BCUT2D eigenvalue weighted by Crippen LogP contribution is 2.64. The quantitative estimate of drug-likeness (QED) is 0.395. The van der Waals surface area contributed by atoms with Crippen LogP contribution in [0.4, 0.5) is 5.69 Å². The van der Waals surface area contributed by atoms with Crippen LogP contribution in [0.2, 0.25) is 10.0 Å². The van der Waals surface area contributed by atoms with Crippen LogP contribution in [0.3, 0.4) is 0 Å². The molecule has 3 aliphatic rings. The van der Waals surface area contributed by atoms with E-state index in [4.69, 9.17) is 27.9 Å². The normalized spacial score (nSPS) is 26.3. The summed E-state index contributed by atoms with van der Waals surface area (Å²) >= 11 is 16.2.